The van der Waals surface area contributed by atoms with Crippen molar-refractivity contribution in [1.29, 1.82) is 0 Å². The summed E-state index contributed by atoms with van der Waals surface area (Å²) >= 11 is 3.47. The minimum absolute atomic E-state index is 0.290. The molecule has 0 saturated carbocycles. The molecule has 0 aliphatic carbocycles. The van der Waals surface area contributed by atoms with Gasteiger partial charge in [0.25, 0.3) is 5.91 Å². The van der Waals surface area contributed by atoms with Crippen molar-refractivity contribution in [1.82, 2.24) is 10.1 Å². The van der Waals surface area contributed by atoms with E-state index in [0.717, 1.165) is 15.7 Å². The van der Waals surface area contributed by atoms with Crippen molar-refractivity contribution in [3.63, 3.8) is 0 Å². The number of halogens is 1. The third-order valence-electron chi connectivity index (χ3n) is 3.33. The Morgan fingerprint density at radius 1 is 1.12 bits per heavy atom. The number of benzene rings is 1. The molecule has 0 spiro atoms. The number of rotatable bonds is 4. The number of amides is 1. The summed E-state index contributed by atoms with van der Waals surface area (Å²) in [6, 6.07) is 11.0. The molecular weight excluding hydrogens is 372 g/mol. The SMILES string of the molecule is Cc1cc(NC(=O)c2ccc(Nc3ccc(Br)c(C)c3)nc2)no1. The Balaban J connectivity index is 1.68. The normalized spacial score (nSPS) is 10.5. The molecule has 3 rings (SSSR count). The second kappa shape index (κ2) is 6.84. The van der Waals surface area contributed by atoms with Crippen LogP contribution >= 0.6 is 15.9 Å². The zero-order valence-corrected chi connectivity index (χ0v) is 14.7. The van der Waals surface area contributed by atoms with Gasteiger partial charge in [-0.05, 0) is 49.7 Å². The van der Waals surface area contributed by atoms with Gasteiger partial charge in [0.2, 0.25) is 0 Å². The van der Waals surface area contributed by atoms with Crippen molar-refractivity contribution < 1.29 is 9.32 Å². The van der Waals surface area contributed by atoms with Crippen LogP contribution in [0.2, 0.25) is 0 Å². The summed E-state index contributed by atoms with van der Waals surface area (Å²) in [7, 11) is 0. The smallest absolute Gasteiger partial charge is 0.258 e. The van der Waals surface area contributed by atoms with Crippen LogP contribution in [0.1, 0.15) is 21.7 Å². The summed E-state index contributed by atoms with van der Waals surface area (Å²) in [5, 5.41) is 9.58. The van der Waals surface area contributed by atoms with Crippen LogP contribution in [0.15, 0.2) is 51.6 Å². The summed E-state index contributed by atoms with van der Waals surface area (Å²) in [6.45, 7) is 3.77. The highest BCUT2D eigenvalue weighted by Gasteiger charge is 2.09. The third-order valence-corrected chi connectivity index (χ3v) is 4.22. The van der Waals surface area contributed by atoms with Crippen LogP contribution in [0.5, 0.6) is 0 Å². The molecule has 0 aliphatic rings. The van der Waals surface area contributed by atoms with Gasteiger partial charge >= 0.3 is 0 Å². The molecule has 24 heavy (non-hydrogen) atoms. The van der Waals surface area contributed by atoms with Gasteiger partial charge < -0.3 is 15.2 Å². The van der Waals surface area contributed by atoms with E-state index in [4.69, 9.17) is 4.52 Å². The van der Waals surface area contributed by atoms with Crippen LogP contribution in [0, 0.1) is 13.8 Å². The standard InChI is InChI=1S/C17H15BrN4O2/c1-10-7-13(4-5-14(10)18)20-15-6-3-12(9-19-15)17(23)21-16-8-11(2)24-22-16/h3-9H,1-2H3,(H,19,20)(H,21,22,23). The maximum Gasteiger partial charge on any atom is 0.258 e. The molecule has 2 heterocycles. The fourth-order valence-corrected chi connectivity index (χ4v) is 2.33. The summed E-state index contributed by atoms with van der Waals surface area (Å²) in [4.78, 5) is 16.4. The molecule has 0 radical (unpaired) electrons. The number of nitrogens with one attached hydrogen (secondary N) is 2. The summed E-state index contributed by atoms with van der Waals surface area (Å²) in [5.41, 5.74) is 2.49. The molecule has 0 bridgehead atoms. The fourth-order valence-electron chi connectivity index (χ4n) is 2.09. The van der Waals surface area contributed by atoms with Gasteiger partial charge in [0.15, 0.2) is 5.82 Å². The first-order valence-electron chi connectivity index (χ1n) is 7.25. The molecule has 122 valence electrons. The maximum absolute atomic E-state index is 12.1. The van der Waals surface area contributed by atoms with Gasteiger partial charge in [-0.25, -0.2) is 4.98 Å². The summed E-state index contributed by atoms with van der Waals surface area (Å²) in [6.07, 6.45) is 1.51. The first kappa shape index (κ1) is 16.2. The van der Waals surface area contributed by atoms with Crippen molar-refractivity contribution in [2.45, 2.75) is 13.8 Å². The van der Waals surface area contributed by atoms with E-state index >= 15 is 0 Å². The monoisotopic (exact) mass is 386 g/mol. The highest BCUT2D eigenvalue weighted by molar-refractivity contribution is 9.10. The quantitative estimate of drug-likeness (QED) is 0.692. The van der Waals surface area contributed by atoms with Crippen molar-refractivity contribution in [3.8, 4) is 0 Å². The average molecular weight is 387 g/mol. The topological polar surface area (TPSA) is 80.0 Å². The van der Waals surface area contributed by atoms with Crippen LogP contribution in [0.4, 0.5) is 17.3 Å². The molecule has 7 heteroatoms. The van der Waals surface area contributed by atoms with Gasteiger partial charge in [-0.1, -0.05) is 21.1 Å². The number of aromatic nitrogens is 2. The van der Waals surface area contributed by atoms with Gasteiger partial charge in [0.05, 0.1) is 5.56 Å². The number of carbonyl (C=O) groups is 1. The highest BCUT2D eigenvalue weighted by atomic mass is 79.9. The second-order valence-electron chi connectivity index (χ2n) is 5.30. The van der Waals surface area contributed by atoms with E-state index in [-0.39, 0.29) is 5.91 Å². The summed E-state index contributed by atoms with van der Waals surface area (Å²) in [5.74, 6) is 1.38. The number of hydrogen-bond acceptors (Lipinski definition) is 5. The Morgan fingerprint density at radius 3 is 2.58 bits per heavy atom. The Labute approximate surface area is 147 Å². The Morgan fingerprint density at radius 2 is 1.96 bits per heavy atom. The molecule has 2 N–H and O–H groups in total. The number of pyridine rings is 1. The molecule has 0 unspecified atom stereocenters. The molecule has 0 aliphatic heterocycles. The molecule has 1 aromatic carbocycles. The number of nitrogens with zero attached hydrogens (tertiary/aromatic N) is 2. The predicted molar refractivity (Wildman–Crippen MR) is 95.6 cm³/mol. The zero-order valence-electron chi connectivity index (χ0n) is 13.1. The average Bonchev–Trinajstić information content (AvgIpc) is 2.96. The van der Waals surface area contributed by atoms with E-state index in [9.17, 15) is 4.79 Å². The van der Waals surface area contributed by atoms with Crippen molar-refractivity contribution in [2.75, 3.05) is 10.6 Å². The Hall–Kier alpha value is -2.67. The van der Waals surface area contributed by atoms with Crippen molar-refractivity contribution in [3.05, 3.63) is 64.0 Å². The van der Waals surface area contributed by atoms with Crippen LogP contribution in [0.25, 0.3) is 0 Å². The van der Waals surface area contributed by atoms with E-state index in [2.05, 4.69) is 36.7 Å². The lowest BCUT2D eigenvalue weighted by Gasteiger charge is -2.08. The van der Waals surface area contributed by atoms with Crippen molar-refractivity contribution >= 4 is 39.2 Å². The number of hydrogen-bond donors (Lipinski definition) is 2. The van der Waals surface area contributed by atoms with Crippen LogP contribution < -0.4 is 10.6 Å². The Kier molecular flexibility index (Phi) is 4.61. The molecule has 0 fully saturated rings. The van der Waals surface area contributed by atoms with Gasteiger partial charge in [-0.2, -0.15) is 0 Å². The van der Waals surface area contributed by atoms with Crippen LogP contribution in [0.3, 0.4) is 0 Å². The number of anilines is 3. The molecule has 1 amide bonds. The van der Waals surface area contributed by atoms with Gasteiger partial charge in [0, 0.05) is 22.4 Å². The molecular formula is C17H15BrN4O2. The van der Waals surface area contributed by atoms with Gasteiger partial charge in [-0.15, -0.1) is 0 Å². The summed E-state index contributed by atoms with van der Waals surface area (Å²) < 4.78 is 5.96. The predicted octanol–water partition coefficient (Wildman–Crippen LogP) is 4.44. The minimum atomic E-state index is -0.290. The lowest BCUT2D eigenvalue weighted by molar-refractivity contribution is 0.102. The van der Waals surface area contributed by atoms with Crippen LogP contribution in [-0.4, -0.2) is 16.0 Å². The Bertz CT molecular complexity index is 875. The van der Waals surface area contributed by atoms with E-state index < -0.39 is 0 Å². The first-order chi connectivity index (χ1) is 11.5. The van der Waals surface area contributed by atoms with E-state index in [1.807, 2.05) is 25.1 Å². The van der Waals surface area contributed by atoms with Gasteiger partial charge in [-0.3, -0.25) is 4.79 Å². The number of carbonyl (C=O) groups excluding carboxylic acids is 1. The molecule has 3 aromatic rings. The molecule has 0 atom stereocenters. The first-order valence-corrected chi connectivity index (χ1v) is 8.04. The largest absolute Gasteiger partial charge is 0.360 e. The van der Waals surface area contributed by atoms with E-state index in [1.165, 1.54) is 6.20 Å². The highest BCUT2D eigenvalue weighted by Crippen LogP contribution is 2.22. The second-order valence-corrected chi connectivity index (χ2v) is 6.15. The molecule has 0 saturated heterocycles. The lowest BCUT2D eigenvalue weighted by atomic mass is 10.2. The minimum Gasteiger partial charge on any atom is -0.360 e. The fraction of sp³-hybridized carbons (Fsp3) is 0.118. The lowest BCUT2D eigenvalue weighted by Crippen LogP contribution is -2.12. The maximum atomic E-state index is 12.1. The molecule has 2 aromatic heterocycles. The number of aryl methyl sites for hydroxylation is 2. The molecule has 6 nitrogen and oxygen atoms in total. The van der Waals surface area contributed by atoms with Crippen LogP contribution in [-0.2, 0) is 0 Å². The van der Waals surface area contributed by atoms with E-state index in [0.29, 0.717) is 23.0 Å². The zero-order chi connectivity index (χ0) is 17.1. The third kappa shape index (κ3) is 3.80. The van der Waals surface area contributed by atoms with Crippen molar-refractivity contribution in [2.24, 2.45) is 0 Å². The van der Waals surface area contributed by atoms with E-state index in [1.54, 1.807) is 25.1 Å². The van der Waals surface area contributed by atoms with Gasteiger partial charge in [0.1, 0.15) is 11.6 Å².